The second-order valence-electron chi connectivity index (χ2n) is 19.1. The Morgan fingerprint density at radius 2 is 1.36 bits per heavy atom. The third kappa shape index (κ3) is 16.5. The molecule has 0 spiro atoms. The van der Waals surface area contributed by atoms with Crippen LogP contribution in [0.15, 0.2) is 78.2 Å². The average Bonchev–Trinajstić information content (AvgIpc) is 3.60. The Morgan fingerprint density at radius 1 is 0.864 bits per heavy atom. The van der Waals surface area contributed by atoms with Crippen LogP contribution in [0.2, 0.25) is 0 Å². The molecule has 66 heavy (non-hydrogen) atoms. The molecular formula is C54H99N5NaO5S+. The number of aromatic nitrogens is 2. The fourth-order valence-electron chi connectivity index (χ4n) is 9.76. The Labute approximate surface area is 430 Å². The first-order valence-corrected chi connectivity index (χ1v) is 22.2. The minimum atomic E-state index is -4.61. The number of hydrogen-bond acceptors (Lipinski definition) is 7. The van der Waals surface area contributed by atoms with Gasteiger partial charge in [-0.05, 0) is 137 Å². The monoisotopic (exact) mass is 953 g/mol. The van der Waals surface area contributed by atoms with Crippen LogP contribution in [0.3, 0.4) is 0 Å². The van der Waals surface area contributed by atoms with Crippen molar-refractivity contribution in [2.75, 3.05) is 20.6 Å². The molecule has 0 saturated carbocycles. The number of piperidine rings is 1. The molecule has 2 saturated heterocycles. The first-order chi connectivity index (χ1) is 26.5. The molecular weight excluding hydrogens is 854 g/mol. The van der Waals surface area contributed by atoms with Gasteiger partial charge in [-0.25, -0.2) is 8.42 Å². The van der Waals surface area contributed by atoms with Crippen LogP contribution < -0.4 is 34.1 Å². The number of hydrogen-bond donors (Lipinski definition) is 0. The molecule has 2 amide bonds. The maximum atomic E-state index is 14.0. The summed E-state index contributed by atoms with van der Waals surface area (Å²) in [5, 5.41) is 0. The predicted octanol–water partition coefficient (Wildman–Crippen LogP) is 9.63. The van der Waals surface area contributed by atoms with Crippen molar-refractivity contribution in [3.05, 3.63) is 90.0 Å². The van der Waals surface area contributed by atoms with E-state index in [4.69, 9.17) is 0 Å². The molecule has 4 heterocycles. The minimum absolute atomic E-state index is 0. The van der Waals surface area contributed by atoms with E-state index >= 15 is 0 Å². The van der Waals surface area contributed by atoms with E-state index in [1.807, 2.05) is 48.2 Å². The predicted molar refractivity (Wildman–Crippen MR) is 278 cm³/mol. The molecule has 4 unspecified atom stereocenters. The van der Waals surface area contributed by atoms with Gasteiger partial charge in [-0.3, -0.25) is 19.5 Å². The number of pyridine rings is 2. The Bertz CT molecular complexity index is 1960. The molecule has 2 fully saturated rings. The van der Waals surface area contributed by atoms with Gasteiger partial charge in [0.15, 0.2) is 12.4 Å². The fraction of sp³-hybridized carbons (Fsp3) is 0.667. The minimum Gasteiger partial charge on any atom is -0.744 e. The molecule has 4 atom stereocenters. The quantitative estimate of drug-likeness (QED) is 0.0847. The number of nitrogens with zero attached hydrogens (tertiary/aromatic N) is 5. The molecule has 1 aromatic carbocycles. The van der Waals surface area contributed by atoms with Crippen molar-refractivity contribution in [2.24, 2.45) is 0 Å². The van der Waals surface area contributed by atoms with Crippen LogP contribution in [0.1, 0.15) is 202 Å². The summed E-state index contributed by atoms with van der Waals surface area (Å²) in [5.41, 5.74) is 2.62. The molecule has 0 radical (unpaired) electrons. The number of likely N-dealkylation sites (tertiary alicyclic amines) is 2. The summed E-state index contributed by atoms with van der Waals surface area (Å²) >= 11 is 0. The SMILES string of the molecule is C.C.C.C.C.C.C.C.CCC(C)(CC(CC(CC(C)(C)c1cc[n+](C(C)C(=O)N(C)C2CC(C)(C)N(C)C(C)(C)C2)cc1)c1ccc(S(=O)(=O)[O-])cc1)N1CCCC1=O)c1ccncc1.[Na+]. The van der Waals surface area contributed by atoms with E-state index in [0.29, 0.717) is 25.8 Å². The zero-order valence-electron chi connectivity index (χ0n) is 37.3. The van der Waals surface area contributed by atoms with Gasteiger partial charge in [0.2, 0.25) is 11.9 Å². The topological polar surface area (TPSA) is 118 Å². The van der Waals surface area contributed by atoms with Gasteiger partial charge >= 0.3 is 29.6 Å². The standard InChI is InChI=1S/C46H67N5O5S.8CH4.Na/c1-12-46(9,37-19-23-47-24-20-37)32-38(51-25-13-14-41(51)52)28-35(34-15-17-40(18-16-34)57(54,55)56)29-43(3,4)36-21-26-50(27-22-36)33(2)42(53)48(10)39-30-44(5,6)49(11)45(7,8)31-39;;;;;;;;;/h15-24,26-27,33,35,38-39H,12-14,25,28-32H2,1-11H3;8*1H4;/q;;;;;;;;;+1. The molecule has 3 aromatic rings. The molecule has 0 bridgehead atoms. The maximum absolute atomic E-state index is 14.0. The number of benzene rings is 1. The number of rotatable bonds is 15. The molecule has 0 N–H and O–H groups in total. The summed E-state index contributed by atoms with van der Waals surface area (Å²) in [6.07, 6.45) is 13.9. The average molecular weight is 953 g/mol. The normalized spacial score (nSPS) is 17.7. The molecule has 12 heteroatoms. The molecule has 376 valence electrons. The molecule has 2 aliphatic rings. The van der Waals surface area contributed by atoms with E-state index in [-0.39, 0.29) is 152 Å². The summed E-state index contributed by atoms with van der Waals surface area (Å²) in [6, 6.07) is 14.4. The van der Waals surface area contributed by atoms with Crippen LogP contribution in [0.25, 0.3) is 0 Å². The van der Waals surface area contributed by atoms with Crippen molar-refractivity contribution in [1.29, 1.82) is 0 Å². The smallest absolute Gasteiger partial charge is 0.744 e. The first-order valence-electron chi connectivity index (χ1n) is 20.8. The molecule has 2 aromatic heterocycles. The molecule has 0 aliphatic carbocycles. The summed E-state index contributed by atoms with van der Waals surface area (Å²) in [4.78, 5) is 37.9. The summed E-state index contributed by atoms with van der Waals surface area (Å²) in [6.45, 7) is 20.6. The van der Waals surface area contributed by atoms with Gasteiger partial charge in [0.1, 0.15) is 10.1 Å². The van der Waals surface area contributed by atoms with Crippen molar-refractivity contribution in [3.63, 3.8) is 0 Å². The van der Waals surface area contributed by atoms with Crippen LogP contribution in [0, 0.1) is 0 Å². The van der Waals surface area contributed by atoms with Crippen molar-refractivity contribution in [2.45, 2.75) is 224 Å². The van der Waals surface area contributed by atoms with Crippen LogP contribution in [0.4, 0.5) is 0 Å². The number of carbonyl (C=O) groups is 2. The van der Waals surface area contributed by atoms with Gasteiger partial charge in [-0.1, -0.05) is 99.2 Å². The van der Waals surface area contributed by atoms with Gasteiger partial charge in [-0.15, -0.1) is 0 Å². The van der Waals surface area contributed by atoms with Crippen LogP contribution in [-0.2, 0) is 30.5 Å². The van der Waals surface area contributed by atoms with Crippen molar-refractivity contribution >= 4 is 21.9 Å². The van der Waals surface area contributed by atoms with Crippen LogP contribution in [-0.4, -0.2) is 88.3 Å². The van der Waals surface area contributed by atoms with E-state index in [1.165, 1.54) is 17.7 Å². The van der Waals surface area contributed by atoms with Gasteiger partial charge in [0.25, 0.3) is 5.91 Å². The molecule has 10 nitrogen and oxygen atoms in total. The first kappa shape index (κ1) is 72.3. The molecule has 5 rings (SSSR count). The summed E-state index contributed by atoms with van der Waals surface area (Å²) < 4.78 is 37.7. The third-order valence-electron chi connectivity index (χ3n) is 14.0. The van der Waals surface area contributed by atoms with E-state index < -0.39 is 10.1 Å². The van der Waals surface area contributed by atoms with Gasteiger partial charge in [-0.2, -0.15) is 4.57 Å². The van der Waals surface area contributed by atoms with Crippen molar-refractivity contribution in [1.82, 2.24) is 19.7 Å². The zero-order valence-corrected chi connectivity index (χ0v) is 40.1. The molecule has 2 aliphatic heterocycles. The van der Waals surface area contributed by atoms with Crippen LogP contribution in [0.5, 0.6) is 0 Å². The Kier molecular flexibility index (Phi) is 30.8. The van der Waals surface area contributed by atoms with Gasteiger partial charge in [0, 0.05) is 74.6 Å². The van der Waals surface area contributed by atoms with Crippen LogP contribution >= 0.6 is 0 Å². The number of amides is 2. The van der Waals surface area contributed by atoms with Crippen molar-refractivity contribution in [3.8, 4) is 0 Å². The van der Waals surface area contributed by atoms with E-state index in [2.05, 4.69) is 101 Å². The summed E-state index contributed by atoms with van der Waals surface area (Å²) in [5.74, 6) is 0.194. The second-order valence-corrected chi connectivity index (χ2v) is 20.5. The van der Waals surface area contributed by atoms with Crippen molar-refractivity contribution < 1.29 is 56.7 Å². The Balaban J connectivity index is -0.00000138. The Morgan fingerprint density at radius 3 is 1.80 bits per heavy atom. The maximum Gasteiger partial charge on any atom is 1.00 e. The van der Waals surface area contributed by atoms with Gasteiger partial charge in [0.05, 0.1) is 4.90 Å². The number of carbonyl (C=O) groups excluding carboxylic acids is 2. The fourth-order valence-corrected chi connectivity index (χ4v) is 10.2. The van der Waals surface area contributed by atoms with Gasteiger partial charge < -0.3 is 14.4 Å². The zero-order chi connectivity index (χ0) is 42.1. The second kappa shape index (κ2) is 28.1. The van der Waals surface area contributed by atoms with E-state index in [0.717, 1.165) is 43.2 Å². The largest absolute Gasteiger partial charge is 1.00 e. The third-order valence-corrected chi connectivity index (χ3v) is 14.8. The Hall–Kier alpha value is -2.67. The number of likely N-dealkylation sites (N-methyl/N-ethyl adjacent to an activating group) is 1. The summed E-state index contributed by atoms with van der Waals surface area (Å²) in [7, 11) is -0.482. The van der Waals surface area contributed by atoms with E-state index in [1.54, 1.807) is 12.1 Å². The van der Waals surface area contributed by atoms with E-state index in [9.17, 15) is 22.6 Å².